The van der Waals surface area contributed by atoms with Crippen LogP contribution in [0.2, 0.25) is 0 Å². The quantitative estimate of drug-likeness (QED) is 0.564. The van der Waals surface area contributed by atoms with E-state index in [-0.39, 0.29) is 11.7 Å². The standard InChI is InChI=1S/C9H13NO2/c11-8-4-5-10(9(8)12)6-7-2-1-3-7/h7H,1-6H2. The van der Waals surface area contributed by atoms with Crippen LogP contribution in [0.3, 0.4) is 0 Å². The second-order valence-corrected chi connectivity index (χ2v) is 3.72. The number of rotatable bonds is 2. The summed E-state index contributed by atoms with van der Waals surface area (Å²) in [5.41, 5.74) is 0. The molecule has 2 fully saturated rings. The third kappa shape index (κ3) is 1.24. The summed E-state index contributed by atoms with van der Waals surface area (Å²) in [5.74, 6) is 0.232. The number of hydrogen-bond donors (Lipinski definition) is 0. The molecule has 1 aliphatic carbocycles. The largest absolute Gasteiger partial charge is 0.335 e. The fourth-order valence-electron chi connectivity index (χ4n) is 1.78. The topological polar surface area (TPSA) is 37.4 Å². The first-order chi connectivity index (χ1) is 5.77. The molecule has 66 valence electrons. The highest BCUT2D eigenvalue weighted by molar-refractivity contribution is 6.37. The van der Waals surface area contributed by atoms with E-state index in [1.807, 2.05) is 0 Å². The van der Waals surface area contributed by atoms with E-state index in [1.54, 1.807) is 4.90 Å². The molecule has 0 bridgehead atoms. The van der Waals surface area contributed by atoms with Crippen LogP contribution in [-0.2, 0) is 9.59 Å². The van der Waals surface area contributed by atoms with E-state index >= 15 is 0 Å². The van der Waals surface area contributed by atoms with Gasteiger partial charge in [-0.2, -0.15) is 0 Å². The lowest BCUT2D eigenvalue weighted by Gasteiger charge is -2.29. The van der Waals surface area contributed by atoms with Crippen molar-refractivity contribution in [2.24, 2.45) is 5.92 Å². The Balaban J connectivity index is 1.87. The molecular formula is C9H13NO2. The molecular weight excluding hydrogens is 154 g/mol. The summed E-state index contributed by atoms with van der Waals surface area (Å²) in [5, 5.41) is 0. The number of Topliss-reactive ketones (excluding diaryl/α,β-unsaturated/α-hetero) is 1. The second kappa shape index (κ2) is 2.88. The highest BCUT2D eigenvalue weighted by Gasteiger charge is 2.31. The zero-order valence-electron chi connectivity index (χ0n) is 7.08. The van der Waals surface area contributed by atoms with Crippen LogP contribution < -0.4 is 0 Å². The Morgan fingerprint density at radius 3 is 2.50 bits per heavy atom. The van der Waals surface area contributed by atoms with Crippen LogP contribution in [0, 0.1) is 5.92 Å². The van der Waals surface area contributed by atoms with E-state index in [1.165, 1.54) is 19.3 Å². The van der Waals surface area contributed by atoms with Crippen molar-refractivity contribution in [2.75, 3.05) is 13.1 Å². The van der Waals surface area contributed by atoms with Gasteiger partial charge in [-0.1, -0.05) is 6.42 Å². The minimum atomic E-state index is -0.248. The van der Waals surface area contributed by atoms with Crippen LogP contribution in [0.5, 0.6) is 0 Å². The summed E-state index contributed by atoms with van der Waals surface area (Å²) in [6, 6.07) is 0. The van der Waals surface area contributed by atoms with Crippen molar-refractivity contribution in [1.82, 2.24) is 4.90 Å². The molecule has 0 unspecified atom stereocenters. The highest BCUT2D eigenvalue weighted by atomic mass is 16.2. The summed E-state index contributed by atoms with van der Waals surface area (Å²) < 4.78 is 0. The van der Waals surface area contributed by atoms with E-state index in [0.29, 0.717) is 18.9 Å². The van der Waals surface area contributed by atoms with Gasteiger partial charge in [0.1, 0.15) is 0 Å². The van der Waals surface area contributed by atoms with Gasteiger partial charge in [-0.3, -0.25) is 9.59 Å². The molecule has 1 saturated carbocycles. The second-order valence-electron chi connectivity index (χ2n) is 3.72. The van der Waals surface area contributed by atoms with E-state index in [0.717, 1.165) is 6.54 Å². The molecule has 1 heterocycles. The molecule has 2 rings (SSSR count). The van der Waals surface area contributed by atoms with Crippen molar-refractivity contribution in [3.05, 3.63) is 0 Å². The minimum Gasteiger partial charge on any atom is -0.335 e. The van der Waals surface area contributed by atoms with Gasteiger partial charge < -0.3 is 4.90 Å². The van der Waals surface area contributed by atoms with Gasteiger partial charge in [0.2, 0.25) is 5.78 Å². The molecule has 0 N–H and O–H groups in total. The van der Waals surface area contributed by atoms with Crippen molar-refractivity contribution < 1.29 is 9.59 Å². The predicted molar refractivity (Wildman–Crippen MR) is 43.5 cm³/mol. The van der Waals surface area contributed by atoms with Crippen molar-refractivity contribution in [1.29, 1.82) is 0 Å². The van der Waals surface area contributed by atoms with Gasteiger partial charge in [-0.25, -0.2) is 0 Å². The SMILES string of the molecule is O=C1CCN(CC2CCC2)C1=O. The third-order valence-corrected chi connectivity index (χ3v) is 2.84. The lowest BCUT2D eigenvalue weighted by molar-refractivity contribution is -0.140. The lowest BCUT2D eigenvalue weighted by Crippen LogP contribution is -2.34. The minimum absolute atomic E-state index is 0.200. The van der Waals surface area contributed by atoms with Crippen LogP contribution in [-0.4, -0.2) is 29.7 Å². The smallest absolute Gasteiger partial charge is 0.290 e. The number of likely N-dealkylation sites (tertiary alicyclic amines) is 1. The van der Waals surface area contributed by atoms with Gasteiger partial charge in [0, 0.05) is 19.5 Å². The Morgan fingerprint density at radius 2 is 2.08 bits per heavy atom. The van der Waals surface area contributed by atoms with E-state index in [2.05, 4.69) is 0 Å². The zero-order valence-corrected chi connectivity index (χ0v) is 7.08. The summed E-state index contributed by atoms with van der Waals surface area (Å²) in [6.07, 6.45) is 4.20. The van der Waals surface area contributed by atoms with Crippen LogP contribution >= 0.6 is 0 Å². The van der Waals surface area contributed by atoms with E-state index in [4.69, 9.17) is 0 Å². The molecule has 3 nitrogen and oxygen atoms in total. The van der Waals surface area contributed by atoms with Crippen LogP contribution in [0.15, 0.2) is 0 Å². The fourth-order valence-corrected chi connectivity index (χ4v) is 1.78. The van der Waals surface area contributed by atoms with Crippen LogP contribution in [0.25, 0.3) is 0 Å². The van der Waals surface area contributed by atoms with Crippen molar-refractivity contribution >= 4 is 11.7 Å². The first kappa shape index (κ1) is 7.77. The van der Waals surface area contributed by atoms with Gasteiger partial charge >= 0.3 is 0 Å². The zero-order chi connectivity index (χ0) is 8.55. The van der Waals surface area contributed by atoms with Gasteiger partial charge in [-0.15, -0.1) is 0 Å². The first-order valence-corrected chi connectivity index (χ1v) is 4.59. The summed E-state index contributed by atoms with van der Waals surface area (Å²) in [7, 11) is 0. The molecule has 1 saturated heterocycles. The number of ketones is 1. The molecule has 0 aromatic rings. The molecule has 2 aliphatic rings. The normalized spacial score (nSPS) is 24.8. The number of hydrogen-bond acceptors (Lipinski definition) is 2. The Morgan fingerprint density at radius 1 is 1.33 bits per heavy atom. The van der Waals surface area contributed by atoms with Crippen LogP contribution in [0.4, 0.5) is 0 Å². The first-order valence-electron chi connectivity index (χ1n) is 4.59. The molecule has 0 spiro atoms. The van der Waals surface area contributed by atoms with Gasteiger partial charge in [0.05, 0.1) is 0 Å². The Kier molecular flexibility index (Phi) is 1.87. The van der Waals surface area contributed by atoms with Gasteiger partial charge in [0.25, 0.3) is 5.91 Å². The number of carbonyl (C=O) groups is 2. The molecule has 0 atom stereocenters. The van der Waals surface area contributed by atoms with Gasteiger partial charge in [0.15, 0.2) is 0 Å². The Hall–Kier alpha value is -0.860. The molecule has 12 heavy (non-hydrogen) atoms. The summed E-state index contributed by atoms with van der Waals surface area (Å²) >= 11 is 0. The molecule has 0 aromatic heterocycles. The average molecular weight is 167 g/mol. The van der Waals surface area contributed by atoms with Crippen molar-refractivity contribution in [3.63, 3.8) is 0 Å². The maximum Gasteiger partial charge on any atom is 0.290 e. The molecule has 3 heteroatoms. The van der Waals surface area contributed by atoms with Gasteiger partial charge in [-0.05, 0) is 18.8 Å². The predicted octanol–water partition coefficient (Wildman–Crippen LogP) is 0.588. The number of nitrogens with zero attached hydrogens (tertiary/aromatic N) is 1. The Bertz CT molecular complexity index is 221. The van der Waals surface area contributed by atoms with Crippen LogP contribution in [0.1, 0.15) is 25.7 Å². The van der Waals surface area contributed by atoms with Crippen molar-refractivity contribution in [2.45, 2.75) is 25.7 Å². The van der Waals surface area contributed by atoms with Crippen molar-refractivity contribution in [3.8, 4) is 0 Å². The third-order valence-electron chi connectivity index (χ3n) is 2.84. The maximum absolute atomic E-state index is 11.2. The monoisotopic (exact) mass is 167 g/mol. The maximum atomic E-state index is 11.2. The Labute approximate surface area is 71.7 Å². The lowest BCUT2D eigenvalue weighted by atomic mass is 9.85. The van der Waals surface area contributed by atoms with E-state index in [9.17, 15) is 9.59 Å². The summed E-state index contributed by atoms with van der Waals surface area (Å²) in [4.78, 5) is 23.8. The molecule has 1 aliphatic heterocycles. The highest BCUT2D eigenvalue weighted by Crippen LogP contribution is 2.27. The molecule has 1 amide bonds. The summed E-state index contributed by atoms with van der Waals surface area (Å²) in [6.45, 7) is 1.48. The van der Waals surface area contributed by atoms with E-state index < -0.39 is 0 Å². The average Bonchev–Trinajstić information content (AvgIpc) is 2.27. The molecule has 0 aromatic carbocycles. The molecule has 0 radical (unpaired) electrons. The number of carbonyl (C=O) groups excluding carboxylic acids is 2. The number of amides is 1. The fraction of sp³-hybridized carbons (Fsp3) is 0.778.